The standard InChI is InChI=1S/C51H37NO/c1-51(2)45-29-23-38(35-15-8-4-9-16-35)31-43(45)42-28-27-41(33-46(42)51)52(40-25-21-37(22-26-40)34-13-6-3-7-14-34)47-19-12-20-49-50(47)44-32-39(24-30-48(44)53-49)36-17-10-5-11-18-36/h3-33H,1-2H3/i12D,19D,20D,30D. The second kappa shape index (κ2) is 12.3. The zero-order valence-corrected chi connectivity index (χ0v) is 29.4. The number of fused-ring (bicyclic) bond motifs is 6. The molecule has 0 bridgehead atoms. The summed E-state index contributed by atoms with van der Waals surface area (Å²) in [5.74, 6) is 0. The van der Waals surface area contributed by atoms with Crippen LogP contribution in [0, 0.1) is 0 Å². The molecule has 53 heavy (non-hydrogen) atoms. The third-order valence-corrected chi connectivity index (χ3v) is 10.8. The van der Waals surface area contributed by atoms with Gasteiger partial charge in [0.05, 0.1) is 16.6 Å². The van der Waals surface area contributed by atoms with E-state index in [0.717, 1.165) is 50.3 Å². The van der Waals surface area contributed by atoms with Crippen LogP contribution in [0.1, 0.15) is 30.5 Å². The first kappa shape index (κ1) is 27.1. The number of anilines is 3. The van der Waals surface area contributed by atoms with E-state index in [2.05, 4.69) is 111 Å². The van der Waals surface area contributed by atoms with Gasteiger partial charge in [0.15, 0.2) is 0 Å². The van der Waals surface area contributed by atoms with Gasteiger partial charge in [0.2, 0.25) is 0 Å². The van der Waals surface area contributed by atoms with Crippen molar-refractivity contribution in [1.29, 1.82) is 0 Å². The minimum Gasteiger partial charge on any atom is -0.456 e. The second-order valence-corrected chi connectivity index (χ2v) is 14.3. The lowest BCUT2D eigenvalue weighted by Crippen LogP contribution is -2.16. The topological polar surface area (TPSA) is 16.4 Å². The van der Waals surface area contributed by atoms with Crippen LogP contribution in [0.3, 0.4) is 0 Å². The molecule has 1 aliphatic rings. The van der Waals surface area contributed by atoms with Crippen molar-refractivity contribution in [1.82, 2.24) is 0 Å². The Morgan fingerprint density at radius 2 is 1.06 bits per heavy atom. The summed E-state index contributed by atoms with van der Waals surface area (Å²) >= 11 is 0. The van der Waals surface area contributed by atoms with Crippen LogP contribution in [0.2, 0.25) is 0 Å². The fourth-order valence-electron chi connectivity index (χ4n) is 8.06. The Labute approximate surface area is 315 Å². The Morgan fingerprint density at radius 1 is 0.472 bits per heavy atom. The molecule has 1 heterocycles. The van der Waals surface area contributed by atoms with E-state index < -0.39 is 0 Å². The van der Waals surface area contributed by atoms with Gasteiger partial charge in [-0.3, -0.25) is 0 Å². The summed E-state index contributed by atoms with van der Waals surface area (Å²) in [6.07, 6.45) is 0. The van der Waals surface area contributed by atoms with E-state index in [1.807, 2.05) is 65.6 Å². The molecule has 10 rings (SSSR count). The van der Waals surface area contributed by atoms with Crippen LogP contribution in [0.25, 0.3) is 66.4 Å². The molecular formula is C51H37NO. The van der Waals surface area contributed by atoms with E-state index in [-0.39, 0.29) is 35.2 Å². The summed E-state index contributed by atoms with van der Waals surface area (Å²) in [6.45, 7) is 4.52. The van der Waals surface area contributed by atoms with Crippen molar-refractivity contribution in [2.24, 2.45) is 0 Å². The maximum atomic E-state index is 9.61. The molecule has 1 aromatic heterocycles. The van der Waals surface area contributed by atoms with Crippen LogP contribution < -0.4 is 4.90 Å². The van der Waals surface area contributed by atoms with E-state index in [9.17, 15) is 1.37 Å². The minimum absolute atomic E-state index is 0.0884. The Bertz CT molecular complexity index is 3010. The molecule has 2 heteroatoms. The van der Waals surface area contributed by atoms with Crippen LogP contribution in [0.15, 0.2) is 192 Å². The lowest BCUT2D eigenvalue weighted by atomic mass is 9.82. The lowest BCUT2D eigenvalue weighted by Gasteiger charge is -2.29. The van der Waals surface area contributed by atoms with Crippen LogP contribution in [-0.4, -0.2) is 0 Å². The number of rotatable bonds is 6. The summed E-state index contributed by atoms with van der Waals surface area (Å²) in [7, 11) is 0. The molecule has 9 aromatic rings. The van der Waals surface area contributed by atoms with Crippen molar-refractivity contribution in [2.75, 3.05) is 4.90 Å². The summed E-state index contributed by atoms with van der Waals surface area (Å²) in [4.78, 5) is 2.04. The maximum absolute atomic E-state index is 9.61. The number of benzene rings is 8. The van der Waals surface area contributed by atoms with Crippen LogP contribution in [0.5, 0.6) is 0 Å². The van der Waals surface area contributed by atoms with Crippen molar-refractivity contribution in [3.63, 3.8) is 0 Å². The molecule has 0 unspecified atom stereocenters. The zero-order valence-electron chi connectivity index (χ0n) is 33.4. The third kappa shape index (κ3) is 5.18. The Kier molecular flexibility index (Phi) is 6.26. The largest absolute Gasteiger partial charge is 0.456 e. The van der Waals surface area contributed by atoms with E-state index in [1.165, 1.54) is 16.7 Å². The maximum Gasteiger partial charge on any atom is 0.137 e. The molecule has 2 nitrogen and oxygen atoms in total. The van der Waals surface area contributed by atoms with Crippen molar-refractivity contribution in [2.45, 2.75) is 19.3 Å². The van der Waals surface area contributed by atoms with E-state index in [4.69, 9.17) is 8.53 Å². The predicted molar refractivity (Wildman–Crippen MR) is 222 cm³/mol. The molecular weight excluding hydrogens is 643 g/mol. The van der Waals surface area contributed by atoms with E-state index >= 15 is 0 Å². The monoisotopic (exact) mass is 683 g/mol. The molecule has 0 radical (unpaired) electrons. The molecule has 0 fully saturated rings. The molecule has 1 aliphatic carbocycles. The van der Waals surface area contributed by atoms with Gasteiger partial charge >= 0.3 is 0 Å². The molecule has 0 spiro atoms. The highest BCUT2D eigenvalue weighted by molar-refractivity contribution is 6.14. The second-order valence-electron chi connectivity index (χ2n) is 14.3. The van der Waals surface area contributed by atoms with Gasteiger partial charge in [0.25, 0.3) is 0 Å². The van der Waals surface area contributed by atoms with Crippen LogP contribution in [0.4, 0.5) is 17.1 Å². The molecule has 0 saturated heterocycles. The quantitative estimate of drug-likeness (QED) is 0.173. The van der Waals surface area contributed by atoms with Gasteiger partial charge in [0.1, 0.15) is 11.2 Å². The van der Waals surface area contributed by atoms with Crippen molar-refractivity contribution in [3.05, 3.63) is 199 Å². The van der Waals surface area contributed by atoms with Crippen LogP contribution in [-0.2, 0) is 5.41 Å². The lowest BCUT2D eigenvalue weighted by molar-refractivity contribution is 0.660. The number of hydrogen-bond acceptors (Lipinski definition) is 2. The molecule has 0 aliphatic heterocycles. The van der Waals surface area contributed by atoms with Gasteiger partial charge in [0, 0.05) is 22.2 Å². The fourth-order valence-corrected chi connectivity index (χ4v) is 8.06. The summed E-state index contributed by atoms with van der Waals surface area (Å²) in [5, 5.41) is 1.16. The van der Waals surface area contributed by atoms with Crippen molar-refractivity contribution in [3.8, 4) is 44.5 Å². The van der Waals surface area contributed by atoms with Gasteiger partial charge in [-0.15, -0.1) is 0 Å². The molecule has 252 valence electrons. The van der Waals surface area contributed by atoms with Crippen molar-refractivity contribution >= 4 is 39.0 Å². The Morgan fingerprint density at radius 3 is 1.74 bits per heavy atom. The first-order valence-electron chi connectivity index (χ1n) is 20.0. The SMILES string of the molecule is [2H]c1c([2H])c(N(c2ccc(-c3ccccc3)cc2)c2ccc3c(c2)C(C)(C)c2ccc(-c4ccccc4)cc2-3)c2c(oc3c([2H])cc(-c4ccccc4)cc32)c1[2H]. The first-order chi connectivity index (χ1) is 27.7. The predicted octanol–water partition coefficient (Wildman–Crippen LogP) is 14.4. The molecule has 8 aromatic carbocycles. The number of furan rings is 1. The third-order valence-electron chi connectivity index (χ3n) is 10.8. The molecule has 0 N–H and O–H groups in total. The average molecular weight is 684 g/mol. The van der Waals surface area contributed by atoms with Gasteiger partial charge < -0.3 is 9.32 Å². The number of nitrogens with zero attached hydrogens (tertiary/aromatic N) is 1. The smallest absolute Gasteiger partial charge is 0.137 e. The highest BCUT2D eigenvalue weighted by atomic mass is 16.3. The highest BCUT2D eigenvalue weighted by Crippen LogP contribution is 2.52. The van der Waals surface area contributed by atoms with E-state index in [1.54, 1.807) is 6.07 Å². The molecule has 0 saturated carbocycles. The summed E-state index contributed by atoms with van der Waals surface area (Å²) in [5.41, 5.74) is 13.3. The summed E-state index contributed by atoms with van der Waals surface area (Å²) < 4.78 is 43.2. The average Bonchev–Trinajstić information content (AvgIpc) is 3.75. The Hall–Kier alpha value is -6.64. The van der Waals surface area contributed by atoms with Crippen molar-refractivity contribution < 1.29 is 9.90 Å². The minimum atomic E-state index is -0.323. The van der Waals surface area contributed by atoms with Gasteiger partial charge in [-0.05, 0) is 110 Å². The van der Waals surface area contributed by atoms with Gasteiger partial charge in [-0.1, -0.05) is 147 Å². The van der Waals surface area contributed by atoms with E-state index in [0.29, 0.717) is 22.0 Å². The number of hydrogen-bond donors (Lipinski definition) is 0. The van der Waals surface area contributed by atoms with Gasteiger partial charge in [-0.2, -0.15) is 0 Å². The van der Waals surface area contributed by atoms with Crippen LogP contribution >= 0.6 is 0 Å². The summed E-state index contributed by atoms with van der Waals surface area (Å²) in [6, 6.07) is 55.6. The fraction of sp³-hybridized carbons (Fsp3) is 0.0588. The zero-order chi connectivity index (χ0) is 39.0. The first-order valence-corrected chi connectivity index (χ1v) is 18.0. The van der Waals surface area contributed by atoms with Gasteiger partial charge in [-0.25, -0.2) is 0 Å². The molecule has 0 atom stereocenters. The Balaban J connectivity index is 1.23. The normalized spacial score (nSPS) is 13.9. The molecule has 0 amide bonds. The highest BCUT2D eigenvalue weighted by Gasteiger charge is 2.36.